The third-order valence-corrected chi connectivity index (χ3v) is 1.89. The summed E-state index contributed by atoms with van der Waals surface area (Å²) in [5.74, 6) is 0. The lowest BCUT2D eigenvalue weighted by molar-refractivity contribution is -0.384. The molecule has 0 radical (unpaired) electrons. The Kier molecular flexibility index (Phi) is 3.66. The zero-order valence-electron chi connectivity index (χ0n) is 8.73. The van der Waals surface area contributed by atoms with E-state index in [-0.39, 0.29) is 11.4 Å². The fourth-order valence-electron chi connectivity index (χ4n) is 1.07. The third-order valence-electron chi connectivity index (χ3n) is 1.89. The zero-order chi connectivity index (χ0) is 12.1. The fraction of sp³-hybridized carbons (Fsp3) is 0.0909. The largest absolute Gasteiger partial charge is 0.306 e. The molecule has 0 aromatic heterocycles. The van der Waals surface area contributed by atoms with Gasteiger partial charge in [-0.2, -0.15) is 0 Å². The Morgan fingerprint density at radius 1 is 1.25 bits per heavy atom. The molecule has 1 aromatic carbocycles. The molecule has 16 heavy (non-hydrogen) atoms. The Labute approximate surface area is 92.6 Å². The van der Waals surface area contributed by atoms with E-state index < -0.39 is 4.92 Å². The van der Waals surface area contributed by atoms with Gasteiger partial charge in [-0.3, -0.25) is 10.1 Å². The van der Waals surface area contributed by atoms with Crippen LogP contribution in [0.4, 0.5) is 5.69 Å². The number of nitrogens with one attached hydrogen (secondary N) is 2. The summed E-state index contributed by atoms with van der Waals surface area (Å²) in [7, 11) is 0. The van der Waals surface area contributed by atoms with Crippen molar-refractivity contribution in [3.63, 3.8) is 0 Å². The second kappa shape index (κ2) is 4.97. The molecular formula is C11H11N3O2. The molecule has 1 aromatic rings. The molecule has 0 saturated carbocycles. The number of hydrogen-bond acceptors (Lipinski definition) is 4. The summed E-state index contributed by atoms with van der Waals surface area (Å²) in [6.45, 7) is 1.61. The van der Waals surface area contributed by atoms with Crippen LogP contribution in [-0.2, 0) is 0 Å². The first kappa shape index (κ1) is 11.8. The highest BCUT2D eigenvalue weighted by Gasteiger charge is 2.04. The van der Waals surface area contributed by atoms with Crippen molar-refractivity contribution in [3.05, 3.63) is 52.1 Å². The molecule has 5 nitrogen and oxygen atoms in total. The number of non-ortho nitro benzene ring substituents is 1. The molecule has 0 saturated heterocycles. The molecule has 0 unspecified atom stereocenters. The van der Waals surface area contributed by atoms with Crippen molar-refractivity contribution in [1.82, 2.24) is 0 Å². The maximum Gasteiger partial charge on any atom is 0.269 e. The lowest BCUT2D eigenvalue weighted by Crippen LogP contribution is -1.96. The van der Waals surface area contributed by atoms with Gasteiger partial charge in [0, 0.05) is 17.8 Å². The van der Waals surface area contributed by atoms with E-state index >= 15 is 0 Å². The maximum absolute atomic E-state index is 10.4. The molecule has 0 fully saturated rings. The first-order valence-electron chi connectivity index (χ1n) is 4.57. The Hall–Kier alpha value is -2.30. The molecule has 0 amide bonds. The van der Waals surface area contributed by atoms with Crippen LogP contribution in [0.15, 0.2) is 36.4 Å². The van der Waals surface area contributed by atoms with Gasteiger partial charge in [-0.25, -0.2) is 0 Å². The summed E-state index contributed by atoms with van der Waals surface area (Å²) < 4.78 is 0. The van der Waals surface area contributed by atoms with Crippen molar-refractivity contribution in [1.29, 1.82) is 10.8 Å². The lowest BCUT2D eigenvalue weighted by Gasteiger charge is -1.97. The molecular weight excluding hydrogens is 206 g/mol. The van der Waals surface area contributed by atoms with Gasteiger partial charge < -0.3 is 10.8 Å². The van der Waals surface area contributed by atoms with E-state index in [2.05, 4.69) is 0 Å². The van der Waals surface area contributed by atoms with Gasteiger partial charge in [0.25, 0.3) is 5.69 Å². The second-order valence-corrected chi connectivity index (χ2v) is 3.23. The van der Waals surface area contributed by atoms with Gasteiger partial charge in [0.2, 0.25) is 0 Å². The fourth-order valence-corrected chi connectivity index (χ4v) is 1.07. The van der Waals surface area contributed by atoms with Crippen molar-refractivity contribution >= 4 is 17.1 Å². The zero-order valence-corrected chi connectivity index (χ0v) is 8.73. The Bertz CT molecular complexity index is 461. The van der Waals surface area contributed by atoms with Crippen molar-refractivity contribution in [2.24, 2.45) is 0 Å². The standard InChI is InChI=1S/C11H11N3O2/c1-8(12)2-7-11(13)9-3-5-10(6-4-9)14(15)16/h2-7,12-13H,1H3/b7-2-,12-8?,13-11?. The van der Waals surface area contributed by atoms with Crippen molar-refractivity contribution < 1.29 is 4.92 Å². The molecule has 0 aliphatic carbocycles. The highest BCUT2D eigenvalue weighted by molar-refractivity contribution is 6.09. The average molecular weight is 217 g/mol. The SMILES string of the molecule is CC(=N)/C=C\C(=N)c1ccc([N+](=O)[O-])cc1. The lowest BCUT2D eigenvalue weighted by atomic mass is 10.1. The molecule has 0 heterocycles. The van der Waals surface area contributed by atoms with Gasteiger partial charge in [-0.15, -0.1) is 0 Å². The molecule has 82 valence electrons. The van der Waals surface area contributed by atoms with Crippen LogP contribution < -0.4 is 0 Å². The van der Waals surface area contributed by atoms with Crippen LogP contribution in [-0.4, -0.2) is 16.3 Å². The number of rotatable bonds is 4. The monoisotopic (exact) mass is 217 g/mol. The number of nitro groups is 1. The van der Waals surface area contributed by atoms with E-state index in [1.54, 1.807) is 6.92 Å². The first-order chi connectivity index (χ1) is 7.50. The normalized spacial score (nSPS) is 10.3. The molecule has 5 heteroatoms. The number of nitrogens with zero attached hydrogens (tertiary/aromatic N) is 1. The molecule has 0 aliphatic heterocycles. The quantitative estimate of drug-likeness (QED) is 0.461. The summed E-state index contributed by atoms with van der Waals surface area (Å²) in [5, 5.41) is 25.2. The molecule has 1 rings (SSSR count). The summed E-state index contributed by atoms with van der Waals surface area (Å²) in [6.07, 6.45) is 2.99. The Morgan fingerprint density at radius 2 is 1.81 bits per heavy atom. The summed E-state index contributed by atoms with van der Waals surface area (Å²) in [6, 6.07) is 5.75. The minimum Gasteiger partial charge on any atom is -0.306 e. The first-order valence-corrected chi connectivity index (χ1v) is 4.57. The van der Waals surface area contributed by atoms with Crippen LogP contribution in [0.2, 0.25) is 0 Å². The predicted octanol–water partition coefficient (Wildman–Crippen LogP) is 2.56. The van der Waals surface area contributed by atoms with E-state index in [9.17, 15) is 10.1 Å². The highest BCUT2D eigenvalue weighted by Crippen LogP contribution is 2.12. The van der Waals surface area contributed by atoms with Gasteiger partial charge in [0.1, 0.15) is 0 Å². The molecule has 2 N–H and O–H groups in total. The van der Waals surface area contributed by atoms with E-state index in [1.807, 2.05) is 0 Å². The Balaban J connectivity index is 2.86. The van der Waals surface area contributed by atoms with Gasteiger partial charge in [-0.1, -0.05) is 0 Å². The van der Waals surface area contributed by atoms with Crippen LogP contribution in [0.1, 0.15) is 12.5 Å². The van der Waals surface area contributed by atoms with Crippen molar-refractivity contribution in [2.45, 2.75) is 6.92 Å². The molecule has 0 aliphatic rings. The average Bonchev–Trinajstić information content (AvgIpc) is 2.26. The van der Waals surface area contributed by atoms with E-state index in [0.29, 0.717) is 11.3 Å². The van der Waals surface area contributed by atoms with E-state index in [4.69, 9.17) is 10.8 Å². The van der Waals surface area contributed by atoms with Gasteiger partial charge >= 0.3 is 0 Å². The number of benzene rings is 1. The smallest absolute Gasteiger partial charge is 0.269 e. The van der Waals surface area contributed by atoms with Crippen LogP contribution in [0.25, 0.3) is 0 Å². The van der Waals surface area contributed by atoms with Crippen LogP contribution >= 0.6 is 0 Å². The van der Waals surface area contributed by atoms with Crippen molar-refractivity contribution in [2.75, 3.05) is 0 Å². The molecule has 0 spiro atoms. The van der Waals surface area contributed by atoms with Crippen LogP contribution in [0.3, 0.4) is 0 Å². The van der Waals surface area contributed by atoms with E-state index in [0.717, 1.165) is 0 Å². The maximum atomic E-state index is 10.4. The number of nitro benzene ring substituents is 1. The molecule has 0 atom stereocenters. The minimum atomic E-state index is -0.481. The minimum absolute atomic E-state index is 0.00349. The summed E-state index contributed by atoms with van der Waals surface area (Å²) in [4.78, 5) is 9.93. The summed E-state index contributed by atoms with van der Waals surface area (Å²) >= 11 is 0. The summed E-state index contributed by atoms with van der Waals surface area (Å²) in [5.41, 5.74) is 1.17. The third kappa shape index (κ3) is 3.13. The van der Waals surface area contributed by atoms with Gasteiger partial charge in [-0.05, 0) is 36.8 Å². The topological polar surface area (TPSA) is 90.8 Å². The second-order valence-electron chi connectivity index (χ2n) is 3.23. The van der Waals surface area contributed by atoms with Gasteiger partial charge in [0.05, 0.1) is 10.6 Å². The van der Waals surface area contributed by atoms with E-state index in [1.165, 1.54) is 36.4 Å². The predicted molar refractivity (Wildman–Crippen MR) is 62.5 cm³/mol. The van der Waals surface area contributed by atoms with Crippen LogP contribution in [0, 0.1) is 20.9 Å². The Morgan fingerprint density at radius 3 is 2.25 bits per heavy atom. The van der Waals surface area contributed by atoms with Crippen LogP contribution in [0.5, 0.6) is 0 Å². The number of allylic oxidation sites excluding steroid dienone is 2. The highest BCUT2D eigenvalue weighted by atomic mass is 16.6. The molecule has 0 bridgehead atoms. The number of hydrogen-bond donors (Lipinski definition) is 2. The van der Waals surface area contributed by atoms with Crippen molar-refractivity contribution in [3.8, 4) is 0 Å². The van der Waals surface area contributed by atoms with Gasteiger partial charge in [0.15, 0.2) is 0 Å².